The molecule has 3 nitrogen and oxygen atoms in total. The maximum absolute atomic E-state index is 13.6. The van der Waals surface area contributed by atoms with Crippen LogP contribution in [0.25, 0.3) is 0 Å². The molecule has 2 N–H and O–H groups in total. The van der Waals surface area contributed by atoms with E-state index in [1.807, 2.05) is 0 Å². The number of hydrogen-bond acceptors (Lipinski definition) is 3. The molecule has 2 aliphatic rings. The number of hydrogen-bond donors (Lipinski definition) is 2. The summed E-state index contributed by atoms with van der Waals surface area (Å²) < 4.78 is 13.6. The average Bonchev–Trinajstić information content (AvgIpc) is 3.08. The maximum atomic E-state index is 13.6. The monoisotopic (exact) mass is 291 g/mol. The zero-order valence-corrected chi connectivity index (χ0v) is 12.3. The Kier molecular flexibility index (Phi) is 4.62. The van der Waals surface area contributed by atoms with Crippen LogP contribution in [0.15, 0.2) is 18.2 Å². The van der Waals surface area contributed by atoms with Crippen LogP contribution < -0.4 is 5.46 Å². The summed E-state index contributed by atoms with van der Waals surface area (Å²) in [6.07, 6.45) is 7.79. The zero-order chi connectivity index (χ0) is 14.8. The first-order valence-electron chi connectivity index (χ1n) is 8.03. The van der Waals surface area contributed by atoms with Gasteiger partial charge in [-0.15, -0.1) is 0 Å². The smallest absolute Gasteiger partial charge is 0.423 e. The Morgan fingerprint density at radius 1 is 1.10 bits per heavy atom. The summed E-state index contributed by atoms with van der Waals surface area (Å²) in [5.74, 6) is 0.399. The third-order valence-electron chi connectivity index (χ3n) is 5.02. The average molecular weight is 291 g/mol. The van der Waals surface area contributed by atoms with E-state index in [1.165, 1.54) is 50.7 Å². The van der Waals surface area contributed by atoms with Crippen molar-refractivity contribution in [2.75, 3.05) is 6.54 Å². The Bertz CT molecular complexity index is 491. The van der Waals surface area contributed by atoms with Gasteiger partial charge in [-0.25, -0.2) is 4.39 Å². The van der Waals surface area contributed by atoms with E-state index in [0.717, 1.165) is 18.0 Å². The highest BCUT2D eigenvalue weighted by Crippen LogP contribution is 2.35. The van der Waals surface area contributed by atoms with E-state index in [2.05, 4.69) is 4.90 Å². The predicted molar refractivity (Wildman–Crippen MR) is 81.6 cm³/mol. The van der Waals surface area contributed by atoms with Gasteiger partial charge in [0.2, 0.25) is 0 Å². The lowest BCUT2D eigenvalue weighted by Crippen LogP contribution is -2.35. The van der Waals surface area contributed by atoms with Gasteiger partial charge in [0, 0.05) is 12.6 Å². The van der Waals surface area contributed by atoms with Gasteiger partial charge in [0.15, 0.2) is 0 Å². The van der Waals surface area contributed by atoms with E-state index in [-0.39, 0.29) is 5.46 Å². The van der Waals surface area contributed by atoms with Crippen LogP contribution in [0.2, 0.25) is 0 Å². The molecule has 1 aromatic carbocycles. The highest BCUT2D eigenvalue weighted by Gasteiger charge is 2.33. The molecule has 0 bridgehead atoms. The normalized spacial score (nSPS) is 23.9. The van der Waals surface area contributed by atoms with Crippen molar-refractivity contribution in [1.82, 2.24) is 4.90 Å². The third kappa shape index (κ3) is 3.47. The van der Waals surface area contributed by atoms with Crippen molar-refractivity contribution in [3.8, 4) is 0 Å². The summed E-state index contributed by atoms with van der Waals surface area (Å²) in [7, 11) is -1.61. The molecule has 1 atom stereocenters. The van der Waals surface area contributed by atoms with Gasteiger partial charge in [-0.2, -0.15) is 0 Å². The van der Waals surface area contributed by atoms with Crippen molar-refractivity contribution < 1.29 is 14.4 Å². The van der Waals surface area contributed by atoms with Crippen LogP contribution in [0, 0.1) is 11.7 Å². The van der Waals surface area contributed by atoms with Crippen molar-refractivity contribution in [3.63, 3.8) is 0 Å². The van der Waals surface area contributed by atoms with E-state index in [1.54, 1.807) is 6.07 Å². The number of halogens is 1. The van der Waals surface area contributed by atoms with Crippen LogP contribution >= 0.6 is 0 Å². The second-order valence-electron chi connectivity index (χ2n) is 6.49. The number of nitrogens with zero attached hydrogens (tertiary/aromatic N) is 1. The molecule has 1 saturated heterocycles. The van der Waals surface area contributed by atoms with Gasteiger partial charge in [0.1, 0.15) is 5.82 Å². The molecule has 1 unspecified atom stereocenters. The van der Waals surface area contributed by atoms with Gasteiger partial charge in [-0.05, 0) is 61.3 Å². The van der Waals surface area contributed by atoms with Crippen molar-refractivity contribution in [2.24, 2.45) is 5.92 Å². The Morgan fingerprint density at radius 2 is 1.86 bits per heavy atom. The molecule has 114 valence electrons. The number of benzene rings is 1. The van der Waals surface area contributed by atoms with Gasteiger partial charge in [0.25, 0.3) is 0 Å². The molecule has 21 heavy (non-hydrogen) atoms. The fourth-order valence-corrected chi connectivity index (χ4v) is 4.07. The van der Waals surface area contributed by atoms with Gasteiger partial charge >= 0.3 is 7.12 Å². The van der Waals surface area contributed by atoms with Crippen LogP contribution in [0.5, 0.6) is 0 Å². The molecule has 3 rings (SSSR count). The minimum absolute atomic E-state index is 0.238. The van der Waals surface area contributed by atoms with Crippen LogP contribution in [-0.2, 0) is 6.54 Å². The molecule has 2 fully saturated rings. The van der Waals surface area contributed by atoms with Crippen molar-refractivity contribution >= 4 is 12.6 Å². The molecule has 0 aromatic heterocycles. The topological polar surface area (TPSA) is 43.7 Å². The van der Waals surface area contributed by atoms with Crippen LogP contribution in [-0.4, -0.2) is 34.7 Å². The molecule has 1 aliphatic carbocycles. The molecule has 0 radical (unpaired) electrons. The van der Waals surface area contributed by atoms with E-state index in [4.69, 9.17) is 0 Å². The Labute approximate surface area is 125 Å². The quantitative estimate of drug-likeness (QED) is 0.829. The van der Waals surface area contributed by atoms with Crippen molar-refractivity contribution in [1.29, 1.82) is 0 Å². The lowest BCUT2D eigenvalue weighted by Gasteiger charge is -2.29. The van der Waals surface area contributed by atoms with E-state index in [0.29, 0.717) is 12.6 Å². The number of likely N-dealkylation sites (tertiary alicyclic amines) is 1. The van der Waals surface area contributed by atoms with Crippen LogP contribution in [0.3, 0.4) is 0 Å². The number of rotatable bonds is 4. The minimum Gasteiger partial charge on any atom is -0.423 e. The van der Waals surface area contributed by atoms with E-state index >= 15 is 0 Å². The fraction of sp³-hybridized carbons (Fsp3) is 0.625. The van der Waals surface area contributed by atoms with Crippen molar-refractivity contribution in [2.45, 2.75) is 51.1 Å². The summed E-state index contributed by atoms with van der Waals surface area (Å²) in [6.45, 7) is 1.77. The summed E-state index contributed by atoms with van der Waals surface area (Å²) in [6, 6.07) is 5.03. The standard InChI is InChI=1S/C16H23BFNO2/c18-15-9-12(8-14(10-15)17(20)21)11-19-7-3-6-16(19)13-4-1-2-5-13/h8-10,13,16,20-21H,1-7,11H2. The van der Waals surface area contributed by atoms with Crippen molar-refractivity contribution in [3.05, 3.63) is 29.6 Å². The molecule has 0 amide bonds. The van der Waals surface area contributed by atoms with E-state index in [9.17, 15) is 14.4 Å². The first-order chi connectivity index (χ1) is 10.1. The Morgan fingerprint density at radius 3 is 2.57 bits per heavy atom. The maximum Gasteiger partial charge on any atom is 0.488 e. The molecular formula is C16H23BFNO2. The molecule has 1 heterocycles. The van der Waals surface area contributed by atoms with Crippen LogP contribution in [0.4, 0.5) is 4.39 Å². The lowest BCUT2D eigenvalue weighted by atomic mass is 9.79. The molecule has 0 spiro atoms. The first kappa shape index (κ1) is 15.0. The largest absolute Gasteiger partial charge is 0.488 e. The molecule has 1 aromatic rings. The second-order valence-corrected chi connectivity index (χ2v) is 6.49. The molecular weight excluding hydrogens is 268 g/mol. The first-order valence-corrected chi connectivity index (χ1v) is 8.03. The SMILES string of the molecule is OB(O)c1cc(F)cc(CN2CCCC2C2CCCC2)c1. The lowest BCUT2D eigenvalue weighted by molar-refractivity contribution is 0.183. The molecule has 1 saturated carbocycles. The fourth-order valence-electron chi connectivity index (χ4n) is 4.07. The van der Waals surface area contributed by atoms with Gasteiger partial charge in [-0.1, -0.05) is 18.9 Å². The van der Waals surface area contributed by atoms with Gasteiger partial charge in [-0.3, -0.25) is 4.90 Å². The Hall–Kier alpha value is -0.905. The predicted octanol–water partition coefficient (Wildman–Crippen LogP) is 1.66. The molecule has 1 aliphatic heterocycles. The minimum atomic E-state index is -1.61. The second kappa shape index (κ2) is 6.47. The zero-order valence-electron chi connectivity index (χ0n) is 12.3. The summed E-state index contributed by atoms with van der Waals surface area (Å²) in [4.78, 5) is 2.46. The summed E-state index contributed by atoms with van der Waals surface area (Å²) in [5.41, 5.74) is 1.07. The summed E-state index contributed by atoms with van der Waals surface area (Å²) >= 11 is 0. The highest BCUT2D eigenvalue weighted by atomic mass is 19.1. The molecule has 5 heteroatoms. The van der Waals surface area contributed by atoms with E-state index < -0.39 is 12.9 Å². The third-order valence-corrected chi connectivity index (χ3v) is 5.02. The van der Waals surface area contributed by atoms with Gasteiger partial charge in [0.05, 0.1) is 0 Å². The van der Waals surface area contributed by atoms with Gasteiger partial charge < -0.3 is 10.0 Å². The highest BCUT2D eigenvalue weighted by molar-refractivity contribution is 6.58. The van der Waals surface area contributed by atoms with Crippen LogP contribution in [0.1, 0.15) is 44.1 Å². The summed E-state index contributed by atoms with van der Waals surface area (Å²) in [5, 5.41) is 18.5. The Balaban J connectivity index is 1.73.